The molecule has 0 saturated heterocycles. The molecule has 0 aliphatic carbocycles. The molecular weight excluding hydrogens is 280 g/mol. The molecule has 0 spiro atoms. The molecule has 1 aromatic carbocycles. The van der Waals surface area contributed by atoms with Crippen LogP contribution in [0.15, 0.2) is 41.9 Å². The molecule has 0 aromatic heterocycles. The molecule has 0 fully saturated rings. The minimum atomic E-state index is -0.968. The van der Waals surface area contributed by atoms with Crippen LogP contribution in [0.1, 0.15) is 30.4 Å². The maximum Gasteiger partial charge on any atom is 0.304 e. The first-order chi connectivity index (χ1) is 10.6. The van der Waals surface area contributed by atoms with E-state index in [-0.39, 0.29) is 18.7 Å². The van der Waals surface area contributed by atoms with Gasteiger partial charge < -0.3 is 5.11 Å². The number of aliphatic imine (C=N–C) groups is 1. The number of carboxylic acids is 1. The summed E-state index contributed by atoms with van der Waals surface area (Å²) in [5, 5.41) is 18.0. The van der Waals surface area contributed by atoms with Crippen molar-refractivity contribution < 1.29 is 14.7 Å². The zero-order valence-corrected chi connectivity index (χ0v) is 12.2. The Labute approximate surface area is 129 Å². The van der Waals surface area contributed by atoms with Gasteiger partial charge in [-0.1, -0.05) is 24.3 Å². The second-order valence-corrected chi connectivity index (χ2v) is 4.83. The molecule has 0 saturated carbocycles. The van der Waals surface area contributed by atoms with E-state index in [0.717, 1.165) is 5.56 Å². The van der Waals surface area contributed by atoms with Gasteiger partial charge in [-0.05, 0) is 24.5 Å². The first-order valence-electron chi connectivity index (χ1n) is 6.94. The van der Waals surface area contributed by atoms with E-state index >= 15 is 0 Å². The molecule has 1 rings (SSSR count). The van der Waals surface area contributed by atoms with Gasteiger partial charge in [-0.3, -0.25) is 9.59 Å². The number of allylic oxidation sites excluding steroid dienone is 1. The van der Waals surface area contributed by atoms with Crippen LogP contribution >= 0.6 is 0 Å². The number of rotatable bonds is 8. The molecule has 0 aliphatic heterocycles. The van der Waals surface area contributed by atoms with E-state index in [9.17, 15) is 9.59 Å². The monoisotopic (exact) mass is 298 g/mol. The van der Waals surface area contributed by atoms with Crippen LogP contribution in [0.25, 0.3) is 0 Å². The predicted octanol–water partition coefficient (Wildman–Crippen LogP) is 2.76. The normalized spacial score (nSPS) is 11.8. The van der Waals surface area contributed by atoms with E-state index in [1.165, 1.54) is 6.21 Å². The zero-order valence-electron chi connectivity index (χ0n) is 12.2. The van der Waals surface area contributed by atoms with Crippen LogP contribution in [0.2, 0.25) is 0 Å². The van der Waals surface area contributed by atoms with Crippen LogP contribution in [-0.4, -0.2) is 23.2 Å². The van der Waals surface area contributed by atoms with Gasteiger partial charge in [0.05, 0.1) is 18.1 Å². The summed E-state index contributed by atoms with van der Waals surface area (Å²) in [4.78, 5) is 26.3. The average molecular weight is 298 g/mol. The number of carbonyl (C=O) groups is 2. The van der Waals surface area contributed by atoms with Crippen molar-refractivity contribution in [2.45, 2.75) is 25.7 Å². The molecule has 1 N–H and O–H groups in total. The minimum Gasteiger partial charge on any atom is -0.481 e. The van der Waals surface area contributed by atoms with Crippen LogP contribution in [0.3, 0.4) is 0 Å². The Morgan fingerprint density at radius 3 is 2.77 bits per heavy atom. The lowest BCUT2D eigenvalue weighted by Crippen LogP contribution is -2.14. The largest absolute Gasteiger partial charge is 0.481 e. The SMILES string of the molecule is C=CCCC(=O)N=C[C@H](CC(=O)O)Cc1ccccc1C#N. The van der Waals surface area contributed by atoms with Gasteiger partial charge >= 0.3 is 5.97 Å². The van der Waals surface area contributed by atoms with Crippen molar-refractivity contribution >= 4 is 18.1 Å². The van der Waals surface area contributed by atoms with Crippen molar-refractivity contribution in [3.05, 3.63) is 48.0 Å². The van der Waals surface area contributed by atoms with Crippen LogP contribution in [0.5, 0.6) is 0 Å². The van der Waals surface area contributed by atoms with Gasteiger partial charge in [0.2, 0.25) is 5.91 Å². The van der Waals surface area contributed by atoms with Gasteiger partial charge in [-0.25, -0.2) is 4.99 Å². The summed E-state index contributed by atoms with van der Waals surface area (Å²) in [6.07, 6.45) is 4.02. The van der Waals surface area contributed by atoms with E-state index in [2.05, 4.69) is 17.6 Å². The van der Waals surface area contributed by atoms with Gasteiger partial charge in [0.15, 0.2) is 0 Å². The number of carboxylic acid groups (broad SMARTS) is 1. The van der Waals surface area contributed by atoms with Gasteiger partial charge in [0.1, 0.15) is 0 Å². The van der Waals surface area contributed by atoms with E-state index in [4.69, 9.17) is 10.4 Å². The maximum atomic E-state index is 11.5. The molecule has 5 nitrogen and oxygen atoms in total. The fourth-order valence-corrected chi connectivity index (χ4v) is 1.97. The zero-order chi connectivity index (χ0) is 16.4. The quantitative estimate of drug-likeness (QED) is 0.590. The molecule has 0 aliphatic rings. The molecule has 1 amide bonds. The highest BCUT2D eigenvalue weighted by Crippen LogP contribution is 2.15. The van der Waals surface area contributed by atoms with E-state index < -0.39 is 11.9 Å². The fourth-order valence-electron chi connectivity index (χ4n) is 1.97. The van der Waals surface area contributed by atoms with Crippen molar-refractivity contribution in [3.8, 4) is 6.07 Å². The first-order valence-corrected chi connectivity index (χ1v) is 6.94. The maximum absolute atomic E-state index is 11.5. The molecule has 0 heterocycles. The third kappa shape index (κ3) is 6.14. The van der Waals surface area contributed by atoms with Crippen molar-refractivity contribution in [1.82, 2.24) is 0 Å². The smallest absolute Gasteiger partial charge is 0.304 e. The third-order valence-corrected chi connectivity index (χ3v) is 3.05. The Hall–Kier alpha value is -2.74. The summed E-state index contributed by atoms with van der Waals surface area (Å²) < 4.78 is 0. The van der Waals surface area contributed by atoms with Crippen molar-refractivity contribution in [3.63, 3.8) is 0 Å². The Balaban J connectivity index is 2.82. The summed E-state index contributed by atoms with van der Waals surface area (Å²) in [6.45, 7) is 3.53. The number of nitrogens with zero attached hydrogens (tertiary/aromatic N) is 2. The van der Waals surface area contributed by atoms with Crippen LogP contribution in [-0.2, 0) is 16.0 Å². The van der Waals surface area contributed by atoms with Crippen LogP contribution < -0.4 is 0 Å². The number of hydrogen-bond acceptors (Lipinski definition) is 3. The minimum absolute atomic E-state index is 0.141. The number of aliphatic carboxylic acids is 1. The van der Waals surface area contributed by atoms with Gasteiger partial charge in [-0.15, -0.1) is 6.58 Å². The van der Waals surface area contributed by atoms with Crippen molar-refractivity contribution in [2.24, 2.45) is 10.9 Å². The topological polar surface area (TPSA) is 90.5 Å². The highest BCUT2D eigenvalue weighted by Gasteiger charge is 2.14. The summed E-state index contributed by atoms with van der Waals surface area (Å²) in [5.41, 5.74) is 1.26. The lowest BCUT2D eigenvalue weighted by atomic mass is 9.94. The van der Waals surface area contributed by atoms with Gasteiger partial charge in [0.25, 0.3) is 0 Å². The lowest BCUT2D eigenvalue weighted by Gasteiger charge is -2.10. The Bertz CT molecular complexity index is 615. The Morgan fingerprint density at radius 2 is 2.14 bits per heavy atom. The molecular formula is C17H18N2O3. The lowest BCUT2D eigenvalue weighted by molar-refractivity contribution is -0.137. The van der Waals surface area contributed by atoms with Crippen LogP contribution in [0, 0.1) is 17.2 Å². The van der Waals surface area contributed by atoms with Crippen LogP contribution in [0.4, 0.5) is 0 Å². The van der Waals surface area contributed by atoms with Gasteiger partial charge in [0, 0.05) is 18.6 Å². The summed E-state index contributed by atoms with van der Waals surface area (Å²) in [6, 6.07) is 9.08. The van der Waals surface area contributed by atoms with Crippen molar-refractivity contribution in [2.75, 3.05) is 0 Å². The summed E-state index contributed by atoms with van der Waals surface area (Å²) >= 11 is 0. The number of carbonyl (C=O) groups excluding carboxylic acids is 1. The van der Waals surface area contributed by atoms with E-state index in [1.54, 1.807) is 30.3 Å². The van der Waals surface area contributed by atoms with E-state index in [1.807, 2.05) is 0 Å². The second-order valence-electron chi connectivity index (χ2n) is 4.83. The highest BCUT2D eigenvalue weighted by molar-refractivity contribution is 5.86. The number of hydrogen-bond donors (Lipinski definition) is 1. The molecule has 0 bridgehead atoms. The number of nitriles is 1. The number of amides is 1. The summed E-state index contributed by atoms with van der Waals surface area (Å²) in [5.74, 6) is -1.70. The van der Waals surface area contributed by atoms with Gasteiger partial charge in [-0.2, -0.15) is 5.26 Å². The average Bonchev–Trinajstić information content (AvgIpc) is 2.50. The molecule has 114 valence electrons. The molecule has 0 unspecified atom stereocenters. The molecule has 0 radical (unpaired) electrons. The second kappa shape index (κ2) is 9.24. The highest BCUT2D eigenvalue weighted by atomic mass is 16.4. The molecule has 22 heavy (non-hydrogen) atoms. The fraction of sp³-hybridized carbons (Fsp3) is 0.294. The third-order valence-electron chi connectivity index (χ3n) is 3.05. The first kappa shape index (κ1) is 17.3. The number of benzene rings is 1. The van der Waals surface area contributed by atoms with E-state index in [0.29, 0.717) is 18.4 Å². The molecule has 5 heteroatoms. The predicted molar refractivity (Wildman–Crippen MR) is 83.5 cm³/mol. The molecule has 1 aromatic rings. The standard InChI is InChI=1S/C17H18N2O3/c1-2-3-8-16(20)19-12-13(10-17(21)22)9-14-6-4-5-7-15(14)11-18/h2,4-7,12-13H,1,3,8-10H2,(H,21,22)/t13-/m0/s1. The Kier molecular flexibility index (Phi) is 7.27. The Morgan fingerprint density at radius 1 is 1.41 bits per heavy atom. The van der Waals surface area contributed by atoms with Crippen molar-refractivity contribution in [1.29, 1.82) is 5.26 Å². The summed E-state index contributed by atoms with van der Waals surface area (Å²) in [7, 11) is 0. The molecule has 1 atom stereocenters.